The molecule has 6 nitrogen and oxygen atoms in total. The van der Waals surface area contributed by atoms with E-state index in [0.717, 1.165) is 69.6 Å². The van der Waals surface area contributed by atoms with Gasteiger partial charge in [-0.3, -0.25) is 4.90 Å². The number of para-hydroxylation sites is 1. The minimum absolute atomic E-state index is 0. The monoisotopic (exact) mass is 538 g/mol. The molecule has 3 rings (SSSR count). The normalized spacial score (nSPS) is 14.5. The third-order valence-corrected chi connectivity index (χ3v) is 5.05. The summed E-state index contributed by atoms with van der Waals surface area (Å²) in [4.78, 5) is 7.25. The van der Waals surface area contributed by atoms with E-state index in [1.54, 1.807) is 0 Å². The van der Waals surface area contributed by atoms with Gasteiger partial charge >= 0.3 is 0 Å². The van der Waals surface area contributed by atoms with Gasteiger partial charge in [0.05, 0.1) is 19.8 Å². The van der Waals surface area contributed by atoms with Crippen molar-refractivity contribution in [2.75, 3.05) is 45.9 Å². The smallest absolute Gasteiger partial charge is 0.191 e. The van der Waals surface area contributed by atoms with Crippen molar-refractivity contribution in [2.45, 2.75) is 26.5 Å². The van der Waals surface area contributed by atoms with Crippen molar-refractivity contribution < 1.29 is 9.47 Å². The van der Waals surface area contributed by atoms with Gasteiger partial charge in [-0.25, -0.2) is 4.99 Å². The zero-order chi connectivity index (χ0) is 20.9. The fourth-order valence-corrected chi connectivity index (χ4v) is 3.37. The van der Waals surface area contributed by atoms with E-state index in [4.69, 9.17) is 14.5 Å². The number of rotatable bonds is 10. The van der Waals surface area contributed by atoms with E-state index in [2.05, 4.69) is 40.7 Å². The van der Waals surface area contributed by atoms with Gasteiger partial charge in [0.2, 0.25) is 0 Å². The Bertz CT molecular complexity index is 767. The minimum atomic E-state index is 0. The summed E-state index contributed by atoms with van der Waals surface area (Å²) in [5.74, 6) is 1.74. The van der Waals surface area contributed by atoms with Crippen LogP contribution in [0.3, 0.4) is 0 Å². The van der Waals surface area contributed by atoms with Gasteiger partial charge in [-0.05, 0) is 43.1 Å². The molecular formula is C24H35IN4O2. The van der Waals surface area contributed by atoms with Gasteiger partial charge in [-0.1, -0.05) is 42.5 Å². The second-order valence-corrected chi connectivity index (χ2v) is 7.30. The van der Waals surface area contributed by atoms with Gasteiger partial charge in [0, 0.05) is 26.2 Å². The van der Waals surface area contributed by atoms with Crippen LogP contribution in [0.1, 0.15) is 24.5 Å². The Hall–Kier alpha value is -1.84. The van der Waals surface area contributed by atoms with Crippen molar-refractivity contribution in [3.05, 3.63) is 65.7 Å². The van der Waals surface area contributed by atoms with Crippen LogP contribution in [0.25, 0.3) is 0 Å². The van der Waals surface area contributed by atoms with Gasteiger partial charge in [0.25, 0.3) is 0 Å². The van der Waals surface area contributed by atoms with Crippen LogP contribution in [0, 0.1) is 0 Å². The molecule has 0 amide bonds. The third kappa shape index (κ3) is 9.45. The molecule has 0 spiro atoms. The lowest BCUT2D eigenvalue weighted by atomic mass is 10.1. The summed E-state index contributed by atoms with van der Waals surface area (Å²) in [5, 5.41) is 6.80. The van der Waals surface area contributed by atoms with E-state index in [0.29, 0.717) is 13.2 Å². The van der Waals surface area contributed by atoms with Gasteiger partial charge in [-0.2, -0.15) is 0 Å². The van der Waals surface area contributed by atoms with Crippen molar-refractivity contribution in [2.24, 2.45) is 4.99 Å². The molecule has 1 heterocycles. The summed E-state index contributed by atoms with van der Waals surface area (Å²) in [5.41, 5.74) is 2.34. The summed E-state index contributed by atoms with van der Waals surface area (Å²) < 4.78 is 11.3. The highest BCUT2D eigenvalue weighted by molar-refractivity contribution is 14.0. The Morgan fingerprint density at radius 1 is 1.00 bits per heavy atom. The van der Waals surface area contributed by atoms with Crippen LogP contribution in [0.2, 0.25) is 0 Å². The highest BCUT2D eigenvalue weighted by Crippen LogP contribution is 2.15. The number of guanidine groups is 1. The van der Waals surface area contributed by atoms with E-state index >= 15 is 0 Å². The second-order valence-electron chi connectivity index (χ2n) is 7.30. The first-order valence-corrected chi connectivity index (χ1v) is 10.9. The van der Waals surface area contributed by atoms with E-state index < -0.39 is 0 Å². The third-order valence-electron chi connectivity index (χ3n) is 5.05. The number of hydrogen-bond donors (Lipinski definition) is 2. The molecule has 2 N–H and O–H groups in total. The van der Waals surface area contributed by atoms with Crippen molar-refractivity contribution in [3.63, 3.8) is 0 Å². The van der Waals surface area contributed by atoms with E-state index in [-0.39, 0.29) is 24.0 Å². The Labute approximate surface area is 203 Å². The van der Waals surface area contributed by atoms with E-state index in [1.807, 2.05) is 36.4 Å². The number of ether oxygens (including phenoxy) is 2. The first-order valence-electron chi connectivity index (χ1n) is 10.9. The van der Waals surface area contributed by atoms with Gasteiger partial charge in [0.15, 0.2) is 5.96 Å². The zero-order valence-electron chi connectivity index (χ0n) is 18.4. The van der Waals surface area contributed by atoms with E-state index in [1.165, 1.54) is 5.56 Å². The highest BCUT2D eigenvalue weighted by atomic mass is 127. The quantitative estimate of drug-likeness (QED) is 0.209. The highest BCUT2D eigenvalue weighted by Gasteiger charge is 2.09. The summed E-state index contributed by atoms with van der Waals surface area (Å²) >= 11 is 0. The van der Waals surface area contributed by atoms with Crippen LogP contribution < -0.4 is 15.4 Å². The average Bonchev–Trinajstić information content (AvgIpc) is 2.80. The first kappa shape index (κ1) is 25.4. The van der Waals surface area contributed by atoms with Crippen LogP contribution in [0.5, 0.6) is 5.75 Å². The Balaban J connectivity index is 0.00000341. The van der Waals surface area contributed by atoms with Gasteiger partial charge in [-0.15, -0.1) is 24.0 Å². The molecule has 2 aromatic rings. The molecule has 31 heavy (non-hydrogen) atoms. The van der Waals surface area contributed by atoms with Gasteiger partial charge in [0.1, 0.15) is 12.4 Å². The Kier molecular flexibility index (Phi) is 12.3. The molecule has 0 atom stereocenters. The zero-order valence-corrected chi connectivity index (χ0v) is 20.7. The van der Waals surface area contributed by atoms with Crippen LogP contribution in [-0.2, 0) is 17.9 Å². The van der Waals surface area contributed by atoms with Gasteiger partial charge < -0.3 is 20.1 Å². The predicted octanol–water partition coefficient (Wildman–Crippen LogP) is 3.66. The molecule has 1 aliphatic heterocycles. The van der Waals surface area contributed by atoms with Crippen LogP contribution in [-0.4, -0.2) is 56.8 Å². The lowest BCUT2D eigenvalue weighted by Crippen LogP contribution is -2.40. The van der Waals surface area contributed by atoms with Crippen molar-refractivity contribution >= 4 is 29.9 Å². The first-order chi connectivity index (χ1) is 14.8. The number of benzene rings is 2. The summed E-state index contributed by atoms with van der Waals surface area (Å²) in [6.45, 7) is 9.87. The topological polar surface area (TPSA) is 58.1 Å². The molecule has 0 saturated carbocycles. The summed E-state index contributed by atoms with van der Waals surface area (Å²) in [6, 6.07) is 18.2. The van der Waals surface area contributed by atoms with Crippen molar-refractivity contribution in [1.29, 1.82) is 0 Å². The largest absolute Gasteiger partial charge is 0.489 e. The van der Waals surface area contributed by atoms with Crippen LogP contribution in [0.4, 0.5) is 0 Å². The molecule has 0 aliphatic carbocycles. The summed E-state index contributed by atoms with van der Waals surface area (Å²) in [7, 11) is 0. The second kappa shape index (κ2) is 15.0. The molecule has 0 aromatic heterocycles. The molecule has 1 fully saturated rings. The SMILES string of the molecule is CCNC(=NCc1ccccc1COc1ccccc1)NCCCN1CCOCC1.I. The van der Waals surface area contributed by atoms with E-state index in [9.17, 15) is 0 Å². The Morgan fingerprint density at radius 2 is 1.71 bits per heavy atom. The lowest BCUT2D eigenvalue weighted by Gasteiger charge is -2.26. The fraction of sp³-hybridized carbons (Fsp3) is 0.458. The molecule has 7 heteroatoms. The standard InChI is InChI=1S/C24H34N4O2.HI/c1-2-25-24(26-13-8-14-28-15-17-29-18-16-28)27-19-21-9-6-7-10-22(21)20-30-23-11-4-3-5-12-23;/h3-7,9-12H,2,8,13-20H2,1H3,(H2,25,26,27);1H. The number of aliphatic imine (C=N–C) groups is 1. The predicted molar refractivity (Wildman–Crippen MR) is 137 cm³/mol. The minimum Gasteiger partial charge on any atom is -0.489 e. The maximum atomic E-state index is 5.93. The molecule has 1 aliphatic rings. The van der Waals surface area contributed by atoms with Crippen LogP contribution >= 0.6 is 24.0 Å². The molecule has 2 aromatic carbocycles. The number of hydrogen-bond acceptors (Lipinski definition) is 4. The molecule has 1 saturated heterocycles. The molecule has 0 bridgehead atoms. The number of nitrogens with zero attached hydrogens (tertiary/aromatic N) is 2. The molecule has 0 radical (unpaired) electrons. The number of halogens is 1. The fourth-order valence-electron chi connectivity index (χ4n) is 3.37. The molecule has 0 unspecified atom stereocenters. The maximum absolute atomic E-state index is 5.93. The van der Waals surface area contributed by atoms with Crippen molar-refractivity contribution in [1.82, 2.24) is 15.5 Å². The number of nitrogens with one attached hydrogen (secondary N) is 2. The molecular weight excluding hydrogens is 503 g/mol. The summed E-state index contributed by atoms with van der Waals surface area (Å²) in [6.07, 6.45) is 1.09. The van der Waals surface area contributed by atoms with Crippen LogP contribution in [0.15, 0.2) is 59.6 Å². The number of morpholine rings is 1. The average molecular weight is 538 g/mol. The lowest BCUT2D eigenvalue weighted by molar-refractivity contribution is 0.0376. The maximum Gasteiger partial charge on any atom is 0.191 e. The molecule has 170 valence electrons. The van der Waals surface area contributed by atoms with Crippen molar-refractivity contribution in [3.8, 4) is 5.75 Å². The Morgan fingerprint density at radius 3 is 2.45 bits per heavy atom.